The third-order valence-corrected chi connectivity index (χ3v) is 3.14. The van der Waals surface area contributed by atoms with E-state index in [4.69, 9.17) is 16.0 Å². The van der Waals surface area contributed by atoms with Crippen molar-refractivity contribution in [1.82, 2.24) is 4.90 Å². The minimum Gasteiger partial charge on any atom is -0.440 e. The zero-order valence-electron chi connectivity index (χ0n) is 9.57. The summed E-state index contributed by atoms with van der Waals surface area (Å²) in [6.07, 6.45) is 1.18. The third kappa shape index (κ3) is 2.40. The molecule has 0 radical (unpaired) electrons. The summed E-state index contributed by atoms with van der Waals surface area (Å²) in [6.45, 7) is 5.96. The number of piperidine rings is 1. The molecule has 0 N–H and O–H groups in total. The van der Waals surface area contributed by atoms with Gasteiger partial charge in [-0.2, -0.15) is 0 Å². The monoisotopic (exact) mass is 241 g/mol. The van der Waals surface area contributed by atoms with Crippen molar-refractivity contribution in [2.24, 2.45) is 11.8 Å². The van der Waals surface area contributed by atoms with Crippen LogP contribution in [0.4, 0.5) is 0 Å². The van der Waals surface area contributed by atoms with Gasteiger partial charge in [-0.05, 0) is 42.0 Å². The van der Waals surface area contributed by atoms with E-state index in [1.165, 1.54) is 6.42 Å². The molecule has 1 saturated heterocycles. The van der Waals surface area contributed by atoms with Gasteiger partial charge < -0.3 is 9.32 Å². The van der Waals surface area contributed by atoms with Crippen LogP contribution in [0.15, 0.2) is 16.5 Å². The first-order chi connectivity index (χ1) is 7.56. The predicted molar refractivity (Wildman–Crippen MR) is 62.6 cm³/mol. The van der Waals surface area contributed by atoms with Crippen LogP contribution < -0.4 is 0 Å². The summed E-state index contributed by atoms with van der Waals surface area (Å²) in [5, 5.41) is 0.265. The van der Waals surface area contributed by atoms with Gasteiger partial charge in [0.25, 0.3) is 5.91 Å². The van der Waals surface area contributed by atoms with Crippen molar-refractivity contribution in [2.45, 2.75) is 20.3 Å². The van der Waals surface area contributed by atoms with E-state index in [-0.39, 0.29) is 11.1 Å². The molecule has 2 rings (SSSR count). The van der Waals surface area contributed by atoms with Crippen molar-refractivity contribution in [3.8, 4) is 0 Å². The molecule has 1 aromatic rings. The normalized spacial score (nSPS) is 25.8. The highest BCUT2D eigenvalue weighted by Crippen LogP contribution is 2.23. The van der Waals surface area contributed by atoms with Crippen LogP contribution in [0.25, 0.3) is 0 Å². The summed E-state index contributed by atoms with van der Waals surface area (Å²) in [6, 6.07) is 3.24. The van der Waals surface area contributed by atoms with Crippen LogP contribution in [-0.2, 0) is 0 Å². The number of amides is 1. The highest BCUT2D eigenvalue weighted by Gasteiger charge is 2.27. The molecular weight excluding hydrogens is 226 g/mol. The van der Waals surface area contributed by atoms with Crippen molar-refractivity contribution in [3.05, 3.63) is 23.1 Å². The molecule has 1 aromatic heterocycles. The number of carbonyl (C=O) groups is 1. The standard InChI is InChI=1S/C12H16ClNO2/c1-8-5-9(2)7-14(6-8)12(15)10-3-4-11(13)16-10/h3-4,8-9H,5-7H2,1-2H3/t8-,9-/m1/s1. The fraction of sp³-hybridized carbons (Fsp3) is 0.583. The van der Waals surface area contributed by atoms with Crippen LogP contribution in [0.2, 0.25) is 5.22 Å². The van der Waals surface area contributed by atoms with Gasteiger partial charge in [-0.15, -0.1) is 0 Å². The first kappa shape index (κ1) is 11.5. The van der Waals surface area contributed by atoms with E-state index in [1.807, 2.05) is 4.90 Å². The Morgan fingerprint density at radius 2 is 2.00 bits per heavy atom. The van der Waals surface area contributed by atoms with E-state index in [9.17, 15) is 4.79 Å². The van der Waals surface area contributed by atoms with Gasteiger partial charge in [0.2, 0.25) is 0 Å². The molecule has 1 aliphatic heterocycles. The Bertz CT molecular complexity index is 378. The van der Waals surface area contributed by atoms with Gasteiger partial charge in [0.1, 0.15) is 0 Å². The fourth-order valence-corrected chi connectivity index (χ4v) is 2.56. The Morgan fingerprint density at radius 3 is 2.50 bits per heavy atom. The van der Waals surface area contributed by atoms with Crippen LogP contribution in [0.1, 0.15) is 30.8 Å². The fourth-order valence-electron chi connectivity index (χ4n) is 2.41. The van der Waals surface area contributed by atoms with E-state index in [2.05, 4.69) is 13.8 Å². The summed E-state index contributed by atoms with van der Waals surface area (Å²) in [5.74, 6) is 1.40. The maximum atomic E-state index is 12.1. The minimum absolute atomic E-state index is 0.0506. The smallest absolute Gasteiger partial charge is 0.289 e. The molecule has 16 heavy (non-hydrogen) atoms. The number of furan rings is 1. The molecular formula is C12H16ClNO2. The van der Waals surface area contributed by atoms with Gasteiger partial charge in [-0.3, -0.25) is 4.79 Å². The number of likely N-dealkylation sites (tertiary alicyclic amines) is 1. The number of hydrogen-bond donors (Lipinski definition) is 0. The molecule has 3 nitrogen and oxygen atoms in total. The van der Waals surface area contributed by atoms with Gasteiger partial charge >= 0.3 is 0 Å². The molecule has 0 aliphatic carbocycles. The Labute approximate surface area is 100 Å². The Morgan fingerprint density at radius 1 is 1.38 bits per heavy atom. The van der Waals surface area contributed by atoms with Crippen LogP contribution >= 0.6 is 11.6 Å². The average Bonchev–Trinajstić information content (AvgIpc) is 2.62. The van der Waals surface area contributed by atoms with Crippen molar-refractivity contribution in [2.75, 3.05) is 13.1 Å². The lowest BCUT2D eigenvalue weighted by atomic mass is 9.92. The van der Waals surface area contributed by atoms with E-state index in [0.29, 0.717) is 17.6 Å². The molecule has 2 atom stereocenters. The Kier molecular flexibility index (Phi) is 3.24. The molecule has 0 aromatic carbocycles. The highest BCUT2D eigenvalue weighted by molar-refractivity contribution is 6.29. The van der Waals surface area contributed by atoms with E-state index in [1.54, 1.807) is 12.1 Å². The van der Waals surface area contributed by atoms with Gasteiger partial charge in [-0.1, -0.05) is 13.8 Å². The summed E-state index contributed by atoms with van der Waals surface area (Å²) in [5.41, 5.74) is 0. The second-order valence-electron chi connectivity index (χ2n) is 4.76. The summed E-state index contributed by atoms with van der Waals surface area (Å²) in [4.78, 5) is 13.9. The molecule has 4 heteroatoms. The zero-order valence-corrected chi connectivity index (χ0v) is 10.3. The Balaban J connectivity index is 2.09. The number of carbonyl (C=O) groups excluding carboxylic acids is 1. The largest absolute Gasteiger partial charge is 0.440 e. The van der Waals surface area contributed by atoms with Gasteiger partial charge in [-0.25, -0.2) is 0 Å². The molecule has 0 spiro atoms. The molecule has 1 aliphatic rings. The first-order valence-corrected chi connectivity index (χ1v) is 5.98. The van der Waals surface area contributed by atoms with Gasteiger partial charge in [0, 0.05) is 13.1 Å². The van der Waals surface area contributed by atoms with Crippen molar-refractivity contribution in [1.29, 1.82) is 0 Å². The van der Waals surface area contributed by atoms with E-state index < -0.39 is 0 Å². The maximum absolute atomic E-state index is 12.1. The lowest BCUT2D eigenvalue weighted by Gasteiger charge is -2.34. The summed E-state index contributed by atoms with van der Waals surface area (Å²) >= 11 is 5.66. The first-order valence-electron chi connectivity index (χ1n) is 5.61. The molecule has 0 bridgehead atoms. The number of hydrogen-bond acceptors (Lipinski definition) is 2. The lowest BCUT2D eigenvalue weighted by Crippen LogP contribution is -2.42. The number of nitrogens with zero attached hydrogens (tertiary/aromatic N) is 1. The molecule has 1 fully saturated rings. The molecule has 0 saturated carbocycles. The zero-order chi connectivity index (χ0) is 11.7. The molecule has 88 valence electrons. The topological polar surface area (TPSA) is 33.5 Å². The second-order valence-corrected chi connectivity index (χ2v) is 5.13. The minimum atomic E-state index is -0.0506. The molecule has 1 amide bonds. The van der Waals surface area contributed by atoms with Crippen LogP contribution in [0, 0.1) is 11.8 Å². The molecule has 2 heterocycles. The SMILES string of the molecule is C[C@@H]1C[C@@H](C)CN(C(=O)c2ccc(Cl)o2)C1. The van der Waals surface area contributed by atoms with Gasteiger partial charge in [0.05, 0.1) is 0 Å². The van der Waals surface area contributed by atoms with E-state index >= 15 is 0 Å². The average molecular weight is 242 g/mol. The summed E-state index contributed by atoms with van der Waals surface area (Å²) < 4.78 is 5.14. The number of rotatable bonds is 1. The lowest BCUT2D eigenvalue weighted by molar-refractivity contribution is 0.0591. The van der Waals surface area contributed by atoms with Crippen molar-refractivity contribution in [3.63, 3.8) is 0 Å². The van der Waals surface area contributed by atoms with Crippen LogP contribution in [-0.4, -0.2) is 23.9 Å². The van der Waals surface area contributed by atoms with Gasteiger partial charge in [0.15, 0.2) is 11.0 Å². The molecule has 0 unspecified atom stereocenters. The van der Waals surface area contributed by atoms with Crippen molar-refractivity contribution < 1.29 is 9.21 Å². The highest BCUT2D eigenvalue weighted by atomic mass is 35.5. The Hall–Kier alpha value is -0.960. The second kappa shape index (κ2) is 4.50. The number of halogens is 1. The maximum Gasteiger partial charge on any atom is 0.289 e. The van der Waals surface area contributed by atoms with Crippen LogP contribution in [0.3, 0.4) is 0 Å². The van der Waals surface area contributed by atoms with Crippen LogP contribution in [0.5, 0.6) is 0 Å². The quantitative estimate of drug-likeness (QED) is 0.757. The third-order valence-electron chi connectivity index (χ3n) is 2.94. The van der Waals surface area contributed by atoms with E-state index in [0.717, 1.165) is 13.1 Å². The summed E-state index contributed by atoms with van der Waals surface area (Å²) in [7, 11) is 0. The van der Waals surface area contributed by atoms with Crippen molar-refractivity contribution >= 4 is 17.5 Å². The predicted octanol–water partition coefficient (Wildman–Crippen LogP) is 3.05.